The number of halogens is 3. The van der Waals surface area contributed by atoms with Gasteiger partial charge in [0, 0.05) is 34.4 Å². The van der Waals surface area contributed by atoms with Crippen LogP contribution < -0.4 is 24.2 Å². The maximum atomic E-state index is 14.0. The molecule has 4 heterocycles. The number of carbonyl (C=O) groups excluding carboxylic acids is 2. The standard InChI is InChI=1S/C37H36Cl3N3O8/c1-49-33-8-4-23(14-34(33)50-2)26(16-28-30(39)18-42(48)19-31(28)40)27-13-21(3-6-25(27)36(45)46)17-43(32-15-24(44)5-7-29(32)38)37(47)51-35-20-41-11-9-22(35)10-12-41/h3-8,13-15,18-19,22,26,35H,9-12,16-17,20H2,1-2H3,(H2-,44,45,46,48)/t26-,35-/m0/s1. The van der Waals surface area contributed by atoms with Crippen molar-refractivity contribution in [1.29, 1.82) is 0 Å². The zero-order chi connectivity index (χ0) is 36.4. The van der Waals surface area contributed by atoms with E-state index in [0.29, 0.717) is 40.3 Å². The topological polar surface area (TPSA) is 136 Å². The monoisotopic (exact) mass is 755 g/mol. The van der Waals surface area contributed by atoms with Crippen LogP contribution in [0.2, 0.25) is 15.1 Å². The fraction of sp³-hybridized carbons (Fsp3) is 0.324. The predicted octanol–water partition coefficient (Wildman–Crippen LogP) is 5.87. The van der Waals surface area contributed by atoms with E-state index < -0.39 is 18.0 Å². The van der Waals surface area contributed by atoms with Crippen LogP contribution >= 0.6 is 34.8 Å². The van der Waals surface area contributed by atoms with Crippen molar-refractivity contribution in [2.75, 3.05) is 38.8 Å². The predicted molar refractivity (Wildman–Crippen MR) is 188 cm³/mol. The molecule has 7 rings (SSSR count). The second kappa shape index (κ2) is 15.4. The quantitative estimate of drug-likeness (QED) is 0.142. The largest absolute Gasteiger partial charge is 0.545 e. The Bertz CT molecular complexity index is 1930. The summed E-state index contributed by atoms with van der Waals surface area (Å²) in [5.41, 5.74) is 2.08. The molecule has 4 aromatic rings. The molecular formula is C37H36Cl3N3O8. The van der Waals surface area contributed by atoms with E-state index in [9.17, 15) is 25.0 Å². The Morgan fingerprint density at radius 3 is 2.29 bits per heavy atom. The van der Waals surface area contributed by atoms with Crippen LogP contribution in [0.3, 0.4) is 0 Å². The zero-order valence-electron chi connectivity index (χ0n) is 27.9. The minimum atomic E-state index is -1.42. The number of fused-ring (bicyclic) bond motifs is 3. The van der Waals surface area contributed by atoms with E-state index in [-0.39, 0.29) is 57.1 Å². The van der Waals surface area contributed by atoms with Gasteiger partial charge in [-0.05, 0) is 79.2 Å². The fourth-order valence-corrected chi connectivity index (χ4v) is 7.80. The number of aromatic nitrogens is 1. The van der Waals surface area contributed by atoms with Crippen LogP contribution in [0.1, 0.15) is 51.4 Å². The van der Waals surface area contributed by atoms with Gasteiger partial charge < -0.3 is 29.2 Å². The van der Waals surface area contributed by atoms with Crippen molar-refractivity contribution in [2.45, 2.75) is 37.8 Å². The third kappa shape index (κ3) is 7.92. The minimum absolute atomic E-state index is 0.0839. The first-order valence-corrected chi connectivity index (χ1v) is 17.4. The summed E-state index contributed by atoms with van der Waals surface area (Å²) in [6.45, 7) is 2.49. The SMILES string of the molecule is COc1ccc([C@H](Cc2c(Cl)c[n+](O)cc2Cl)c2cc(CN(C(=O)O[C@H]3CN4CCC3CC4)c3cc(O)ccc3Cl)ccc2C(=O)[O-])cc1OC. The lowest BCUT2D eigenvalue weighted by molar-refractivity contribution is -0.904. The van der Waals surface area contributed by atoms with Crippen LogP contribution in [0.5, 0.6) is 17.2 Å². The Hall–Kier alpha value is -4.42. The van der Waals surface area contributed by atoms with Crippen molar-refractivity contribution in [2.24, 2.45) is 5.92 Å². The Morgan fingerprint density at radius 2 is 1.67 bits per heavy atom. The molecule has 0 spiro atoms. The second-order valence-corrected chi connectivity index (χ2v) is 13.9. The number of phenols is 1. The molecule has 3 fully saturated rings. The van der Waals surface area contributed by atoms with Gasteiger partial charge in [0.05, 0.1) is 37.4 Å². The normalized spacial score (nSPS) is 18.6. The lowest BCUT2D eigenvalue weighted by Crippen LogP contribution is -2.53. The number of carboxylic acid groups (broad SMARTS) is 1. The number of pyridine rings is 1. The van der Waals surface area contributed by atoms with Gasteiger partial charge in [-0.25, -0.2) is 4.79 Å². The van der Waals surface area contributed by atoms with E-state index >= 15 is 0 Å². The highest BCUT2D eigenvalue weighted by atomic mass is 35.5. The lowest BCUT2D eigenvalue weighted by atomic mass is 9.82. The van der Waals surface area contributed by atoms with Crippen LogP contribution in [0.25, 0.3) is 0 Å². The van der Waals surface area contributed by atoms with Gasteiger partial charge >= 0.3 is 6.09 Å². The van der Waals surface area contributed by atoms with Crippen LogP contribution in [0.15, 0.2) is 67.0 Å². The molecule has 51 heavy (non-hydrogen) atoms. The molecule has 2 bridgehead atoms. The second-order valence-electron chi connectivity index (χ2n) is 12.7. The Kier molecular flexibility index (Phi) is 11.0. The number of amides is 1. The molecule has 2 N–H and O–H groups in total. The first kappa shape index (κ1) is 36.4. The highest BCUT2D eigenvalue weighted by molar-refractivity contribution is 6.35. The number of carbonyl (C=O) groups is 2. The van der Waals surface area contributed by atoms with Crippen molar-refractivity contribution < 1.29 is 44.0 Å². The number of carboxylic acids is 1. The number of piperidine rings is 3. The van der Waals surface area contributed by atoms with Crippen molar-refractivity contribution in [3.63, 3.8) is 0 Å². The van der Waals surface area contributed by atoms with E-state index in [2.05, 4.69) is 4.90 Å². The Morgan fingerprint density at radius 1 is 0.961 bits per heavy atom. The van der Waals surface area contributed by atoms with E-state index in [1.165, 1.54) is 55.8 Å². The van der Waals surface area contributed by atoms with E-state index in [0.717, 1.165) is 30.7 Å². The van der Waals surface area contributed by atoms with Gasteiger partial charge in [0.25, 0.3) is 0 Å². The number of methoxy groups -OCH3 is 2. The van der Waals surface area contributed by atoms with Gasteiger partial charge in [-0.15, -0.1) is 0 Å². The van der Waals surface area contributed by atoms with Gasteiger partial charge in [0.2, 0.25) is 12.4 Å². The number of anilines is 1. The summed E-state index contributed by atoms with van der Waals surface area (Å²) in [5.74, 6) is -1.12. The highest BCUT2D eigenvalue weighted by Gasteiger charge is 2.38. The van der Waals surface area contributed by atoms with Gasteiger partial charge in [-0.1, -0.05) is 59.1 Å². The van der Waals surface area contributed by atoms with E-state index in [1.807, 2.05) is 0 Å². The average Bonchev–Trinajstić information content (AvgIpc) is 3.11. The van der Waals surface area contributed by atoms with E-state index in [1.54, 1.807) is 30.3 Å². The number of hydrogen-bond acceptors (Lipinski definition) is 9. The number of rotatable bonds is 11. The molecule has 3 aliphatic rings. The van der Waals surface area contributed by atoms with Crippen LogP contribution in [-0.4, -0.2) is 67.2 Å². The zero-order valence-corrected chi connectivity index (χ0v) is 30.1. The molecule has 1 aromatic heterocycles. The van der Waals surface area contributed by atoms with Gasteiger partial charge in [-0.2, -0.15) is 0 Å². The van der Waals surface area contributed by atoms with Crippen molar-refractivity contribution >= 4 is 52.6 Å². The molecule has 3 aliphatic heterocycles. The maximum absolute atomic E-state index is 14.0. The summed E-state index contributed by atoms with van der Waals surface area (Å²) in [6, 6.07) is 14.2. The smallest absolute Gasteiger partial charge is 0.414 e. The third-order valence-corrected chi connectivity index (χ3v) is 10.6. The number of ether oxygens (including phenoxy) is 3. The number of aromatic carboxylic acids is 1. The summed E-state index contributed by atoms with van der Waals surface area (Å²) in [6.07, 6.45) is 3.57. The minimum Gasteiger partial charge on any atom is -0.545 e. The summed E-state index contributed by atoms with van der Waals surface area (Å²) in [4.78, 5) is 30.3. The molecule has 268 valence electrons. The fourth-order valence-electron chi connectivity index (χ4n) is 6.98. The molecule has 1 amide bonds. The molecule has 3 saturated heterocycles. The van der Waals surface area contributed by atoms with Crippen molar-refractivity contribution in [3.05, 3.63) is 110 Å². The summed E-state index contributed by atoms with van der Waals surface area (Å²) < 4.78 is 17.9. The number of hydrogen-bond donors (Lipinski definition) is 2. The Balaban J connectivity index is 1.44. The van der Waals surface area contributed by atoms with Gasteiger partial charge in [0.1, 0.15) is 21.9 Å². The summed E-state index contributed by atoms with van der Waals surface area (Å²) >= 11 is 19.7. The first-order chi connectivity index (χ1) is 24.4. The highest BCUT2D eigenvalue weighted by Crippen LogP contribution is 2.40. The van der Waals surface area contributed by atoms with Crippen LogP contribution in [0, 0.1) is 5.92 Å². The Labute approximate surface area is 310 Å². The molecule has 0 unspecified atom stereocenters. The molecule has 11 nitrogen and oxygen atoms in total. The third-order valence-electron chi connectivity index (χ3n) is 9.63. The van der Waals surface area contributed by atoms with Crippen LogP contribution in [-0.2, 0) is 17.7 Å². The van der Waals surface area contributed by atoms with Crippen molar-refractivity contribution in [1.82, 2.24) is 4.90 Å². The molecule has 0 radical (unpaired) electrons. The first-order valence-electron chi connectivity index (χ1n) is 16.3. The molecule has 0 saturated carbocycles. The summed E-state index contributed by atoms with van der Waals surface area (Å²) in [5, 5.41) is 33.6. The van der Waals surface area contributed by atoms with Gasteiger partial charge in [0.15, 0.2) is 11.5 Å². The molecule has 14 heteroatoms. The lowest BCUT2D eigenvalue weighted by Gasteiger charge is -2.44. The number of phenolic OH excluding ortho intramolecular Hbond substituents is 1. The molecule has 0 aliphatic carbocycles. The number of nitrogens with zero attached hydrogens (tertiary/aromatic N) is 3. The van der Waals surface area contributed by atoms with E-state index in [4.69, 9.17) is 49.0 Å². The average molecular weight is 757 g/mol. The molecule has 3 aromatic carbocycles. The number of benzene rings is 3. The number of aromatic hydroxyl groups is 1. The van der Waals surface area contributed by atoms with Crippen LogP contribution in [0.4, 0.5) is 10.5 Å². The van der Waals surface area contributed by atoms with Gasteiger partial charge in [-0.3, -0.25) is 15.0 Å². The molecule has 2 atom stereocenters. The molecular weight excluding hydrogens is 721 g/mol. The van der Waals surface area contributed by atoms with Crippen molar-refractivity contribution in [3.8, 4) is 17.2 Å². The summed E-state index contributed by atoms with van der Waals surface area (Å²) in [7, 11) is 3.00. The maximum Gasteiger partial charge on any atom is 0.414 e.